The molecule has 1 fully saturated rings. The van der Waals surface area contributed by atoms with E-state index in [1.807, 2.05) is 18.8 Å². The first-order valence-electron chi connectivity index (χ1n) is 7.27. The molecule has 0 saturated heterocycles. The van der Waals surface area contributed by atoms with Crippen LogP contribution in [0.25, 0.3) is 10.8 Å². The molecule has 4 heteroatoms. The standard InChI is InChI=1S/C17H20N2OS/c1-19-17(16(18)20)9-8-15(11-17)21-14-7-6-12-4-2-3-5-13(12)10-14/h2-7,10,15,19H,8-9,11H2,1H3,(H2,18,20). The van der Waals surface area contributed by atoms with Gasteiger partial charge in [0.15, 0.2) is 0 Å². The molecule has 21 heavy (non-hydrogen) atoms. The Morgan fingerprint density at radius 3 is 2.71 bits per heavy atom. The van der Waals surface area contributed by atoms with E-state index in [4.69, 9.17) is 5.73 Å². The molecule has 1 aliphatic rings. The summed E-state index contributed by atoms with van der Waals surface area (Å²) in [5.74, 6) is -0.230. The minimum atomic E-state index is -0.519. The Hall–Kier alpha value is -1.52. The number of primary amides is 1. The number of rotatable bonds is 4. The van der Waals surface area contributed by atoms with Gasteiger partial charge in [0.1, 0.15) is 0 Å². The number of benzene rings is 2. The summed E-state index contributed by atoms with van der Waals surface area (Å²) in [5, 5.41) is 6.09. The summed E-state index contributed by atoms with van der Waals surface area (Å²) in [6, 6.07) is 14.9. The van der Waals surface area contributed by atoms with Crippen molar-refractivity contribution in [2.75, 3.05) is 7.05 Å². The second kappa shape index (κ2) is 5.70. The average molecular weight is 300 g/mol. The third kappa shape index (κ3) is 2.78. The van der Waals surface area contributed by atoms with Crippen LogP contribution >= 0.6 is 11.8 Å². The molecule has 0 aliphatic heterocycles. The largest absolute Gasteiger partial charge is 0.368 e. The van der Waals surface area contributed by atoms with E-state index in [0.29, 0.717) is 5.25 Å². The van der Waals surface area contributed by atoms with E-state index in [1.54, 1.807) is 0 Å². The van der Waals surface area contributed by atoms with Gasteiger partial charge in [-0.25, -0.2) is 0 Å². The van der Waals surface area contributed by atoms with Gasteiger partial charge < -0.3 is 11.1 Å². The maximum atomic E-state index is 11.7. The molecule has 1 aliphatic carbocycles. The Labute approximate surface area is 129 Å². The predicted octanol–water partition coefficient (Wildman–Crippen LogP) is 2.93. The van der Waals surface area contributed by atoms with Crippen LogP contribution in [0.5, 0.6) is 0 Å². The Balaban J connectivity index is 1.76. The molecule has 0 bridgehead atoms. The lowest BCUT2D eigenvalue weighted by molar-refractivity contribution is -0.124. The second-order valence-corrected chi connectivity index (χ2v) is 7.06. The molecule has 2 atom stereocenters. The summed E-state index contributed by atoms with van der Waals surface area (Å²) in [4.78, 5) is 12.9. The molecule has 2 aromatic rings. The molecule has 2 unspecified atom stereocenters. The zero-order chi connectivity index (χ0) is 14.9. The molecule has 0 radical (unpaired) electrons. The van der Waals surface area contributed by atoms with Crippen LogP contribution in [0.3, 0.4) is 0 Å². The van der Waals surface area contributed by atoms with Crippen molar-refractivity contribution in [3.8, 4) is 0 Å². The second-order valence-electron chi connectivity index (χ2n) is 5.69. The summed E-state index contributed by atoms with van der Waals surface area (Å²) < 4.78 is 0. The van der Waals surface area contributed by atoms with E-state index < -0.39 is 5.54 Å². The highest BCUT2D eigenvalue weighted by Gasteiger charge is 2.43. The van der Waals surface area contributed by atoms with Gasteiger partial charge >= 0.3 is 0 Å². The zero-order valence-corrected chi connectivity index (χ0v) is 13.0. The van der Waals surface area contributed by atoms with Gasteiger partial charge in [0, 0.05) is 10.1 Å². The van der Waals surface area contributed by atoms with Crippen molar-refractivity contribution in [2.24, 2.45) is 5.73 Å². The van der Waals surface area contributed by atoms with Crippen molar-refractivity contribution in [3.05, 3.63) is 42.5 Å². The molecule has 1 amide bonds. The minimum absolute atomic E-state index is 0.230. The van der Waals surface area contributed by atoms with Crippen molar-refractivity contribution in [1.82, 2.24) is 5.32 Å². The maximum absolute atomic E-state index is 11.7. The van der Waals surface area contributed by atoms with E-state index in [9.17, 15) is 4.79 Å². The van der Waals surface area contributed by atoms with E-state index in [-0.39, 0.29) is 5.91 Å². The van der Waals surface area contributed by atoms with Crippen LogP contribution < -0.4 is 11.1 Å². The molecule has 0 aromatic heterocycles. The monoisotopic (exact) mass is 300 g/mol. The van der Waals surface area contributed by atoms with Crippen LogP contribution in [-0.4, -0.2) is 23.7 Å². The van der Waals surface area contributed by atoms with Crippen LogP contribution in [0.2, 0.25) is 0 Å². The van der Waals surface area contributed by atoms with Crippen LogP contribution in [-0.2, 0) is 4.79 Å². The topological polar surface area (TPSA) is 55.1 Å². The van der Waals surface area contributed by atoms with Crippen molar-refractivity contribution in [3.63, 3.8) is 0 Å². The van der Waals surface area contributed by atoms with Crippen molar-refractivity contribution >= 4 is 28.4 Å². The highest BCUT2D eigenvalue weighted by molar-refractivity contribution is 8.00. The number of likely N-dealkylation sites (N-methyl/N-ethyl adjacent to an activating group) is 1. The molecular weight excluding hydrogens is 280 g/mol. The lowest BCUT2D eigenvalue weighted by Crippen LogP contribution is -2.52. The fraction of sp³-hybridized carbons (Fsp3) is 0.353. The minimum Gasteiger partial charge on any atom is -0.368 e. The maximum Gasteiger partial charge on any atom is 0.237 e. The summed E-state index contributed by atoms with van der Waals surface area (Å²) >= 11 is 1.85. The van der Waals surface area contributed by atoms with Gasteiger partial charge in [0.25, 0.3) is 0 Å². The van der Waals surface area contributed by atoms with E-state index in [2.05, 4.69) is 47.8 Å². The Morgan fingerprint density at radius 2 is 2.05 bits per heavy atom. The molecular formula is C17H20N2OS. The SMILES string of the molecule is CNC1(C(N)=O)CCC(Sc2ccc3ccccc3c2)C1. The predicted molar refractivity (Wildman–Crippen MR) is 88.4 cm³/mol. The summed E-state index contributed by atoms with van der Waals surface area (Å²) in [6.07, 6.45) is 2.64. The van der Waals surface area contributed by atoms with Crippen LogP contribution in [0.4, 0.5) is 0 Å². The first-order valence-corrected chi connectivity index (χ1v) is 8.15. The van der Waals surface area contributed by atoms with Gasteiger partial charge in [-0.3, -0.25) is 4.79 Å². The fourth-order valence-corrected chi connectivity index (χ4v) is 4.44. The fourth-order valence-electron chi connectivity index (χ4n) is 3.11. The van der Waals surface area contributed by atoms with Crippen molar-refractivity contribution in [2.45, 2.75) is 34.9 Å². The van der Waals surface area contributed by atoms with Gasteiger partial charge in [-0.15, -0.1) is 11.8 Å². The third-order valence-corrected chi connectivity index (χ3v) is 5.70. The lowest BCUT2D eigenvalue weighted by Gasteiger charge is -2.24. The number of thioether (sulfide) groups is 1. The van der Waals surface area contributed by atoms with Crippen LogP contribution in [0.1, 0.15) is 19.3 Å². The number of carbonyl (C=O) groups is 1. The summed E-state index contributed by atoms with van der Waals surface area (Å²) in [5.41, 5.74) is 5.04. The highest BCUT2D eigenvalue weighted by Crippen LogP contribution is 2.40. The number of nitrogens with one attached hydrogen (secondary N) is 1. The number of amides is 1. The van der Waals surface area contributed by atoms with Gasteiger partial charge in [-0.2, -0.15) is 0 Å². The zero-order valence-electron chi connectivity index (χ0n) is 12.1. The van der Waals surface area contributed by atoms with Gasteiger partial charge in [0.05, 0.1) is 5.54 Å². The molecule has 3 rings (SSSR count). The molecule has 0 heterocycles. The summed E-state index contributed by atoms with van der Waals surface area (Å²) in [7, 11) is 1.83. The van der Waals surface area contributed by atoms with Crippen LogP contribution in [0, 0.1) is 0 Å². The molecule has 2 aromatic carbocycles. The van der Waals surface area contributed by atoms with E-state index in [1.165, 1.54) is 15.7 Å². The van der Waals surface area contributed by atoms with E-state index >= 15 is 0 Å². The van der Waals surface area contributed by atoms with E-state index in [0.717, 1.165) is 19.3 Å². The van der Waals surface area contributed by atoms with Gasteiger partial charge in [-0.05, 0) is 49.2 Å². The third-order valence-electron chi connectivity index (χ3n) is 4.44. The Bertz CT molecular complexity index is 673. The molecule has 3 N–H and O–H groups in total. The summed E-state index contributed by atoms with van der Waals surface area (Å²) in [6.45, 7) is 0. The Morgan fingerprint density at radius 1 is 1.29 bits per heavy atom. The lowest BCUT2D eigenvalue weighted by atomic mass is 9.97. The number of fused-ring (bicyclic) bond motifs is 1. The Kier molecular flexibility index (Phi) is 3.91. The quantitative estimate of drug-likeness (QED) is 0.913. The smallest absolute Gasteiger partial charge is 0.237 e. The number of carbonyl (C=O) groups excluding carboxylic acids is 1. The van der Waals surface area contributed by atoms with Crippen molar-refractivity contribution in [1.29, 1.82) is 0 Å². The highest BCUT2D eigenvalue weighted by atomic mass is 32.2. The molecule has 110 valence electrons. The van der Waals surface area contributed by atoms with Gasteiger partial charge in [0.2, 0.25) is 5.91 Å². The van der Waals surface area contributed by atoms with Crippen LogP contribution in [0.15, 0.2) is 47.4 Å². The number of nitrogens with two attached hydrogens (primary N) is 1. The number of hydrogen-bond donors (Lipinski definition) is 2. The first kappa shape index (κ1) is 14.4. The van der Waals surface area contributed by atoms with Crippen molar-refractivity contribution < 1.29 is 4.79 Å². The molecule has 3 nitrogen and oxygen atoms in total. The average Bonchev–Trinajstić information content (AvgIpc) is 2.92. The first-order chi connectivity index (χ1) is 10.1. The number of hydrogen-bond acceptors (Lipinski definition) is 3. The molecule has 0 spiro atoms. The molecule has 1 saturated carbocycles. The van der Waals surface area contributed by atoms with Gasteiger partial charge in [-0.1, -0.05) is 30.3 Å². The normalized spacial score (nSPS) is 25.3.